The van der Waals surface area contributed by atoms with Crippen LogP contribution in [-0.2, 0) is 4.79 Å². The van der Waals surface area contributed by atoms with E-state index in [1.807, 2.05) is 24.0 Å². The summed E-state index contributed by atoms with van der Waals surface area (Å²) < 4.78 is 5.48. The van der Waals surface area contributed by atoms with E-state index in [1.54, 1.807) is 12.2 Å². The third-order valence-corrected chi connectivity index (χ3v) is 4.03. The van der Waals surface area contributed by atoms with E-state index in [-0.39, 0.29) is 5.91 Å². The molecule has 1 aromatic rings. The van der Waals surface area contributed by atoms with Crippen molar-refractivity contribution in [3.63, 3.8) is 0 Å². The number of unbranched alkanes of at least 4 members (excludes halogenated alkanes) is 6. The fourth-order valence-electron chi connectivity index (χ4n) is 2.59. The quantitative estimate of drug-likeness (QED) is 0.371. The molecule has 3 heteroatoms. The number of furan rings is 1. The predicted octanol–water partition coefficient (Wildman–Crippen LogP) is 5.59. The molecule has 0 radical (unpaired) electrons. The normalized spacial score (nSPS) is 11.3. The van der Waals surface area contributed by atoms with Crippen LogP contribution in [-0.4, -0.2) is 23.9 Å². The molecule has 0 unspecified atom stereocenters. The molecular formula is C20H33NO2. The Morgan fingerprint density at radius 2 is 1.61 bits per heavy atom. The van der Waals surface area contributed by atoms with Gasteiger partial charge in [0, 0.05) is 19.2 Å². The number of hydrogen-bond acceptors (Lipinski definition) is 2. The van der Waals surface area contributed by atoms with Crippen molar-refractivity contribution in [2.75, 3.05) is 13.1 Å². The van der Waals surface area contributed by atoms with E-state index in [4.69, 9.17) is 4.42 Å². The van der Waals surface area contributed by atoms with Crippen LogP contribution >= 0.6 is 0 Å². The van der Waals surface area contributed by atoms with Gasteiger partial charge in [0.15, 0.2) is 0 Å². The van der Waals surface area contributed by atoms with E-state index in [1.165, 1.54) is 38.5 Å². The zero-order valence-electron chi connectivity index (χ0n) is 15.1. The second-order valence-electron chi connectivity index (χ2n) is 6.23. The zero-order valence-corrected chi connectivity index (χ0v) is 15.1. The van der Waals surface area contributed by atoms with Gasteiger partial charge in [-0.1, -0.05) is 52.4 Å². The lowest BCUT2D eigenvalue weighted by atomic mass is 10.1. The number of nitrogens with zero attached hydrogens (tertiary/aromatic N) is 1. The highest BCUT2D eigenvalue weighted by molar-refractivity contribution is 5.91. The molecule has 0 fully saturated rings. The Bertz CT molecular complexity index is 450. The van der Waals surface area contributed by atoms with Crippen LogP contribution in [0.4, 0.5) is 0 Å². The largest absolute Gasteiger partial charge is 0.462 e. The van der Waals surface area contributed by atoms with E-state index >= 15 is 0 Å². The van der Waals surface area contributed by atoms with Crippen LogP contribution in [0.25, 0.3) is 6.08 Å². The van der Waals surface area contributed by atoms with Crippen molar-refractivity contribution in [2.45, 2.75) is 72.1 Å². The van der Waals surface area contributed by atoms with Crippen molar-refractivity contribution in [3.05, 3.63) is 29.7 Å². The first-order valence-electron chi connectivity index (χ1n) is 9.20. The van der Waals surface area contributed by atoms with E-state index in [0.29, 0.717) is 0 Å². The lowest BCUT2D eigenvalue weighted by Crippen LogP contribution is -2.31. The average Bonchev–Trinajstić information content (AvgIpc) is 2.96. The summed E-state index contributed by atoms with van der Waals surface area (Å²) in [4.78, 5) is 14.4. The first kappa shape index (κ1) is 19.5. The Hall–Kier alpha value is -1.51. The summed E-state index contributed by atoms with van der Waals surface area (Å²) in [5, 5.41) is 0. The van der Waals surface area contributed by atoms with E-state index in [2.05, 4.69) is 13.8 Å². The van der Waals surface area contributed by atoms with Crippen LogP contribution in [0.15, 0.2) is 22.6 Å². The van der Waals surface area contributed by atoms with Gasteiger partial charge in [-0.25, -0.2) is 0 Å². The molecule has 1 rings (SSSR count). The number of amides is 1. The Balaban J connectivity index is 2.49. The first-order valence-corrected chi connectivity index (χ1v) is 9.20. The van der Waals surface area contributed by atoms with Crippen LogP contribution in [0, 0.1) is 6.92 Å². The maximum atomic E-state index is 12.4. The number of rotatable bonds is 12. The second-order valence-corrected chi connectivity index (χ2v) is 6.23. The standard InChI is InChI=1S/C20H33NO2/c1-4-6-8-10-16-21(17-11-9-7-5-2)20(22)15-14-19-13-12-18(3)23-19/h12-15H,4-11,16-17H2,1-3H3/b15-14+. The molecule has 0 atom stereocenters. The summed E-state index contributed by atoms with van der Waals surface area (Å²) >= 11 is 0. The molecule has 1 heterocycles. The molecule has 0 N–H and O–H groups in total. The fraction of sp³-hybridized carbons (Fsp3) is 0.650. The van der Waals surface area contributed by atoms with Crippen molar-refractivity contribution < 1.29 is 9.21 Å². The van der Waals surface area contributed by atoms with Crippen LogP contribution < -0.4 is 0 Å². The Morgan fingerprint density at radius 3 is 2.09 bits per heavy atom. The van der Waals surface area contributed by atoms with Gasteiger partial charge < -0.3 is 9.32 Å². The van der Waals surface area contributed by atoms with Gasteiger partial charge in [0.1, 0.15) is 11.5 Å². The summed E-state index contributed by atoms with van der Waals surface area (Å²) in [6.07, 6.45) is 13.0. The summed E-state index contributed by atoms with van der Waals surface area (Å²) in [5.74, 6) is 1.72. The Labute approximate surface area is 141 Å². The van der Waals surface area contributed by atoms with Crippen LogP contribution in [0.1, 0.15) is 76.7 Å². The zero-order chi connectivity index (χ0) is 16.9. The number of carbonyl (C=O) groups excluding carboxylic acids is 1. The van der Waals surface area contributed by atoms with Crippen molar-refractivity contribution in [1.82, 2.24) is 4.90 Å². The molecule has 0 aromatic carbocycles. The maximum Gasteiger partial charge on any atom is 0.246 e. The van der Waals surface area contributed by atoms with Gasteiger partial charge in [-0.3, -0.25) is 4.79 Å². The topological polar surface area (TPSA) is 33.5 Å². The van der Waals surface area contributed by atoms with Gasteiger partial charge in [-0.15, -0.1) is 0 Å². The van der Waals surface area contributed by atoms with Gasteiger partial charge in [-0.2, -0.15) is 0 Å². The van der Waals surface area contributed by atoms with Gasteiger partial charge in [0.25, 0.3) is 0 Å². The highest BCUT2D eigenvalue weighted by Gasteiger charge is 2.10. The lowest BCUT2D eigenvalue weighted by molar-refractivity contribution is -0.126. The Morgan fingerprint density at radius 1 is 1.00 bits per heavy atom. The monoisotopic (exact) mass is 319 g/mol. The van der Waals surface area contributed by atoms with Crippen LogP contribution in [0.3, 0.4) is 0 Å². The summed E-state index contributed by atoms with van der Waals surface area (Å²) in [5.41, 5.74) is 0. The molecule has 0 saturated heterocycles. The van der Waals surface area contributed by atoms with Crippen molar-refractivity contribution in [2.24, 2.45) is 0 Å². The minimum Gasteiger partial charge on any atom is -0.462 e. The molecule has 3 nitrogen and oxygen atoms in total. The van der Waals surface area contributed by atoms with Crippen molar-refractivity contribution in [1.29, 1.82) is 0 Å². The summed E-state index contributed by atoms with van der Waals surface area (Å²) in [6.45, 7) is 8.06. The number of carbonyl (C=O) groups is 1. The number of hydrogen-bond donors (Lipinski definition) is 0. The highest BCUT2D eigenvalue weighted by atomic mass is 16.3. The van der Waals surface area contributed by atoms with Gasteiger partial charge in [0.2, 0.25) is 5.91 Å². The lowest BCUT2D eigenvalue weighted by Gasteiger charge is -2.21. The van der Waals surface area contributed by atoms with E-state index in [9.17, 15) is 4.79 Å². The minimum absolute atomic E-state index is 0.104. The molecule has 23 heavy (non-hydrogen) atoms. The van der Waals surface area contributed by atoms with Crippen molar-refractivity contribution >= 4 is 12.0 Å². The molecule has 0 spiro atoms. The first-order chi connectivity index (χ1) is 11.2. The third-order valence-electron chi connectivity index (χ3n) is 4.03. The minimum atomic E-state index is 0.104. The molecule has 1 amide bonds. The smallest absolute Gasteiger partial charge is 0.246 e. The molecule has 0 aliphatic carbocycles. The summed E-state index contributed by atoms with van der Waals surface area (Å²) in [6, 6.07) is 3.81. The molecular weight excluding hydrogens is 286 g/mol. The third kappa shape index (κ3) is 8.63. The Kier molecular flexibility index (Phi) is 10.2. The van der Waals surface area contributed by atoms with Gasteiger partial charge >= 0.3 is 0 Å². The average molecular weight is 319 g/mol. The van der Waals surface area contributed by atoms with E-state index < -0.39 is 0 Å². The molecule has 130 valence electrons. The van der Waals surface area contributed by atoms with Crippen LogP contribution in [0.5, 0.6) is 0 Å². The van der Waals surface area contributed by atoms with Gasteiger partial charge in [-0.05, 0) is 38.0 Å². The fourth-order valence-corrected chi connectivity index (χ4v) is 2.59. The summed E-state index contributed by atoms with van der Waals surface area (Å²) in [7, 11) is 0. The molecule has 0 saturated carbocycles. The SMILES string of the molecule is CCCCCCN(CCCCCC)C(=O)/C=C/c1ccc(C)o1. The highest BCUT2D eigenvalue weighted by Crippen LogP contribution is 2.10. The molecule has 0 bridgehead atoms. The number of aryl methyl sites for hydroxylation is 1. The van der Waals surface area contributed by atoms with Gasteiger partial charge in [0.05, 0.1) is 0 Å². The second kappa shape index (κ2) is 12.0. The van der Waals surface area contributed by atoms with Crippen molar-refractivity contribution in [3.8, 4) is 0 Å². The van der Waals surface area contributed by atoms with Crippen LogP contribution in [0.2, 0.25) is 0 Å². The maximum absolute atomic E-state index is 12.4. The molecule has 0 aliphatic heterocycles. The predicted molar refractivity (Wildman–Crippen MR) is 97.3 cm³/mol. The molecule has 0 aliphatic rings. The van der Waals surface area contributed by atoms with E-state index in [0.717, 1.165) is 37.5 Å². The molecule has 1 aromatic heterocycles.